The SMILES string of the molecule is O=c1c2ccccc2c(C=Nc2cccc(Cl)c2)c(O)n1Cc1ccc2c(c1)OCO2. The van der Waals surface area contributed by atoms with Gasteiger partial charge in [-0.2, -0.15) is 0 Å². The Balaban J connectivity index is 1.63. The molecule has 0 aliphatic carbocycles. The predicted molar refractivity (Wildman–Crippen MR) is 120 cm³/mol. The molecule has 0 fully saturated rings. The first-order chi connectivity index (χ1) is 15.1. The summed E-state index contributed by atoms with van der Waals surface area (Å²) in [5.41, 5.74) is 1.61. The summed E-state index contributed by atoms with van der Waals surface area (Å²) < 4.78 is 12.1. The number of fused-ring (bicyclic) bond motifs is 2. The minimum Gasteiger partial charge on any atom is -0.494 e. The van der Waals surface area contributed by atoms with Gasteiger partial charge in [0.1, 0.15) is 0 Å². The smallest absolute Gasteiger partial charge is 0.261 e. The standard InChI is InChI=1S/C24H17ClN2O4/c25-16-4-3-5-17(11-16)26-12-20-18-6-1-2-7-19(18)23(28)27(24(20)29)13-15-8-9-21-22(10-15)31-14-30-21/h1-12,29H,13-14H2. The summed E-state index contributed by atoms with van der Waals surface area (Å²) in [6, 6.07) is 19.7. The molecule has 0 unspecified atom stereocenters. The lowest BCUT2D eigenvalue weighted by Crippen LogP contribution is -2.22. The maximum atomic E-state index is 13.1. The highest BCUT2D eigenvalue weighted by molar-refractivity contribution is 6.30. The van der Waals surface area contributed by atoms with Crippen LogP contribution in [-0.4, -0.2) is 22.7 Å². The molecule has 0 spiro atoms. The zero-order valence-corrected chi connectivity index (χ0v) is 17.0. The highest BCUT2D eigenvalue weighted by atomic mass is 35.5. The summed E-state index contributed by atoms with van der Waals surface area (Å²) in [6.45, 7) is 0.341. The van der Waals surface area contributed by atoms with Gasteiger partial charge in [-0.1, -0.05) is 41.9 Å². The van der Waals surface area contributed by atoms with Crippen LogP contribution >= 0.6 is 11.6 Å². The third-order valence-corrected chi connectivity index (χ3v) is 5.35. The van der Waals surface area contributed by atoms with Crippen LogP contribution in [-0.2, 0) is 6.54 Å². The second kappa shape index (κ2) is 7.81. The Kier molecular flexibility index (Phi) is 4.84. The van der Waals surface area contributed by atoms with E-state index in [0.29, 0.717) is 38.5 Å². The van der Waals surface area contributed by atoms with Crippen LogP contribution in [0.25, 0.3) is 10.8 Å². The van der Waals surface area contributed by atoms with Crippen LogP contribution in [0.4, 0.5) is 5.69 Å². The van der Waals surface area contributed by atoms with Crippen molar-refractivity contribution in [2.24, 2.45) is 4.99 Å². The third-order valence-electron chi connectivity index (χ3n) is 5.12. The Bertz CT molecular complexity index is 1390. The third kappa shape index (κ3) is 3.62. The van der Waals surface area contributed by atoms with E-state index < -0.39 is 0 Å². The molecule has 0 saturated heterocycles. The van der Waals surface area contributed by atoms with E-state index in [1.807, 2.05) is 24.3 Å². The normalized spacial score (nSPS) is 12.7. The van der Waals surface area contributed by atoms with Crippen molar-refractivity contribution in [3.05, 3.63) is 93.2 Å². The topological polar surface area (TPSA) is 73.0 Å². The molecule has 3 aromatic carbocycles. The van der Waals surface area contributed by atoms with Crippen molar-refractivity contribution < 1.29 is 14.6 Å². The summed E-state index contributed by atoms with van der Waals surface area (Å²) in [7, 11) is 0. The van der Waals surface area contributed by atoms with Crippen LogP contribution < -0.4 is 15.0 Å². The number of aliphatic imine (C=N–C) groups is 1. The van der Waals surface area contributed by atoms with Crippen molar-refractivity contribution in [1.82, 2.24) is 4.57 Å². The molecule has 4 aromatic rings. The fourth-order valence-electron chi connectivity index (χ4n) is 3.60. The van der Waals surface area contributed by atoms with E-state index in [-0.39, 0.29) is 24.8 Å². The second-order valence-electron chi connectivity index (χ2n) is 7.10. The highest BCUT2D eigenvalue weighted by Gasteiger charge is 2.17. The first-order valence-corrected chi connectivity index (χ1v) is 10.0. The van der Waals surface area contributed by atoms with Gasteiger partial charge in [-0.05, 0) is 42.0 Å². The van der Waals surface area contributed by atoms with Gasteiger partial charge in [-0.3, -0.25) is 14.4 Å². The van der Waals surface area contributed by atoms with Gasteiger partial charge in [0.05, 0.1) is 17.8 Å². The summed E-state index contributed by atoms with van der Waals surface area (Å²) in [5.74, 6) is 1.12. The number of aromatic nitrogens is 1. The number of hydrogen-bond acceptors (Lipinski definition) is 5. The van der Waals surface area contributed by atoms with Gasteiger partial charge in [-0.15, -0.1) is 0 Å². The molecule has 5 rings (SSSR count). The van der Waals surface area contributed by atoms with E-state index in [1.54, 1.807) is 48.7 Å². The molecule has 0 bridgehead atoms. The quantitative estimate of drug-likeness (QED) is 0.466. The van der Waals surface area contributed by atoms with Crippen LogP contribution in [0, 0.1) is 0 Å². The molecule has 2 heterocycles. The number of pyridine rings is 1. The molecular formula is C24H17ClN2O4. The van der Waals surface area contributed by atoms with E-state index in [1.165, 1.54) is 4.57 Å². The van der Waals surface area contributed by atoms with Crippen LogP contribution in [0.1, 0.15) is 11.1 Å². The molecule has 0 radical (unpaired) electrons. The van der Waals surface area contributed by atoms with Crippen LogP contribution in [0.15, 0.2) is 76.5 Å². The molecule has 154 valence electrons. The van der Waals surface area contributed by atoms with E-state index in [4.69, 9.17) is 21.1 Å². The van der Waals surface area contributed by atoms with E-state index in [2.05, 4.69) is 4.99 Å². The monoisotopic (exact) mass is 432 g/mol. The maximum absolute atomic E-state index is 13.1. The molecule has 7 heteroatoms. The lowest BCUT2D eigenvalue weighted by molar-refractivity contribution is 0.174. The van der Waals surface area contributed by atoms with Crippen molar-refractivity contribution in [2.75, 3.05) is 6.79 Å². The van der Waals surface area contributed by atoms with Crippen molar-refractivity contribution in [3.63, 3.8) is 0 Å². The molecule has 0 atom stereocenters. The number of nitrogens with zero attached hydrogens (tertiary/aromatic N) is 2. The van der Waals surface area contributed by atoms with Gasteiger partial charge in [0.25, 0.3) is 5.56 Å². The zero-order chi connectivity index (χ0) is 21.4. The van der Waals surface area contributed by atoms with Crippen molar-refractivity contribution in [1.29, 1.82) is 0 Å². The van der Waals surface area contributed by atoms with Crippen molar-refractivity contribution >= 4 is 34.3 Å². The van der Waals surface area contributed by atoms with E-state index >= 15 is 0 Å². The van der Waals surface area contributed by atoms with E-state index in [9.17, 15) is 9.90 Å². The minimum atomic E-state index is -0.286. The fourth-order valence-corrected chi connectivity index (χ4v) is 3.79. The van der Waals surface area contributed by atoms with Crippen molar-refractivity contribution in [3.8, 4) is 17.4 Å². The molecule has 1 aromatic heterocycles. The molecule has 31 heavy (non-hydrogen) atoms. The second-order valence-corrected chi connectivity index (χ2v) is 7.54. The predicted octanol–water partition coefficient (Wildman–Crippen LogP) is 4.89. The Morgan fingerprint density at radius 2 is 1.81 bits per heavy atom. The average Bonchev–Trinajstić information content (AvgIpc) is 3.25. The van der Waals surface area contributed by atoms with Gasteiger partial charge >= 0.3 is 0 Å². The highest BCUT2D eigenvalue weighted by Crippen LogP contribution is 2.33. The Hall–Kier alpha value is -3.77. The van der Waals surface area contributed by atoms with Gasteiger partial charge in [0.2, 0.25) is 12.7 Å². The largest absolute Gasteiger partial charge is 0.494 e. The lowest BCUT2D eigenvalue weighted by Gasteiger charge is -2.14. The van der Waals surface area contributed by atoms with Gasteiger partial charge in [0, 0.05) is 22.0 Å². The summed E-state index contributed by atoms with van der Waals surface area (Å²) in [4.78, 5) is 17.6. The maximum Gasteiger partial charge on any atom is 0.261 e. The molecular weight excluding hydrogens is 416 g/mol. The molecule has 1 aliphatic heterocycles. The first-order valence-electron chi connectivity index (χ1n) is 9.63. The molecule has 1 aliphatic rings. The van der Waals surface area contributed by atoms with Gasteiger partial charge in [-0.25, -0.2) is 0 Å². The number of hydrogen-bond donors (Lipinski definition) is 1. The Morgan fingerprint density at radius 1 is 1.00 bits per heavy atom. The Labute approximate surface area is 182 Å². The van der Waals surface area contributed by atoms with Crippen LogP contribution in [0.3, 0.4) is 0 Å². The number of halogens is 1. The fraction of sp³-hybridized carbons (Fsp3) is 0.0833. The lowest BCUT2D eigenvalue weighted by atomic mass is 10.1. The first kappa shape index (κ1) is 19.2. The zero-order valence-electron chi connectivity index (χ0n) is 16.3. The minimum absolute atomic E-state index is 0.160. The molecule has 1 N–H and O–H groups in total. The number of aromatic hydroxyl groups is 1. The molecule has 6 nitrogen and oxygen atoms in total. The Morgan fingerprint density at radius 3 is 2.65 bits per heavy atom. The van der Waals surface area contributed by atoms with Gasteiger partial charge < -0.3 is 14.6 Å². The summed E-state index contributed by atoms with van der Waals surface area (Å²) in [6.07, 6.45) is 1.55. The summed E-state index contributed by atoms with van der Waals surface area (Å²) >= 11 is 6.04. The number of rotatable bonds is 4. The molecule has 0 amide bonds. The van der Waals surface area contributed by atoms with Crippen LogP contribution in [0.5, 0.6) is 17.4 Å². The number of benzene rings is 3. The number of ether oxygens (including phenoxy) is 2. The van der Waals surface area contributed by atoms with Crippen molar-refractivity contribution in [2.45, 2.75) is 6.54 Å². The summed E-state index contributed by atoms with van der Waals surface area (Å²) in [5, 5.41) is 12.7. The molecule has 0 saturated carbocycles. The average molecular weight is 433 g/mol. The van der Waals surface area contributed by atoms with Crippen LogP contribution in [0.2, 0.25) is 5.02 Å². The van der Waals surface area contributed by atoms with E-state index in [0.717, 1.165) is 5.56 Å². The van der Waals surface area contributed by atoms with Gasteiger partial charge in [0.15, 0.2) is 11.5 Å².